The van der Waals surface area contributed by atoms with Crippen molar-refractivity contribution in [1.82, 2.24) is 0 Å². The highest BCUT2D eigenvalue weighted by Gasteiger charge is 2.07. The molecule has 24 heavy (non-hydrogen) atoms. The molecule has 0 fully saturated rings. The minimum absolute atomic E-state index is 0.0698. The molecule has 0 heterocycles. The number of anilines is 2. The molecule has 0 aliphatic heterocycles. The van der Waals surface area contributed by atoms with Crippen molar-refractivity contribution in [2.24, 2.45) is 5.92 Å². The minimum atomic E-state index is -0.383. The van der Waals surface area contributed by atoms with Crippen LogP contribution in [0.25, 0.3) is 6.08 Å². The summed E-state index contributed by atoms with van der Waals surface area (Å²) in [6, 6.07) is 13.0. The van der Waals surface area contributed by atoms with Crippen molar-refractivity contribution in [1.29, 1.82) is 0 Å². The number of nitrogens with one attached hydrogen (secondary N) is 2. The predicted molar refractivity (Wildman–Crippen MR) is 94.0 cm³/mol. The number of benzene rings is 2. The lowest BCUT2D eigenvalue weighted by molar-refractivity contribution is -0.119. The Morgan fingerprint density at radius 3 is 2.12 bits per heavy atom. The van der Waals surface area contributed by atoms with Crippen molar-refractivity contribution < 1.29 is 14.0 Å². The van der Waals surface area contributed by atoms with Gasteiger partial charge in [-0.05, 0) is 36.4 Å². The second kappa shape index (κ2) is 8.06. The maximum Gasteiger partial charge on any atom is 0.248 e. The van der Waals surface area contributed by atoms with Crippen LogP contribution in [0.3, 0.4) is 0 Å². The molecule has 4 nitrogen and oxygen atoms in total. The zero-order valence-corrected chi connectivity index (χ0v) is 13.5. The second-order valence-corrected chi connectivity index (χ2v) is 5.57. The first kappa shape index (κ1) is 17.4. The SMILES string of the molecule is CC(C)C(=O)Nc1ccc(NC(=O)/C=C/c2ccccc2F)cc1. The fraction of sp³-hybridized carbons (Fsp3) is 0.158. The quantitative estimate of drug-likeness (QED) is 0.814. The van der Waals surface area contributed by atoms with Gasteiger partial charge in [-0.25, -0.2) is 4.39 Å². The van der Waals surface area contributed by atoms with Crippen molar-refractivity contribution >= 4 is 29.3 Å². The van der Waals surface area contributed by atoms with Crippen molar-refractivity contribution in [3.05, 3.63) is 66.0 Å². The first-order valence-electron chi connectivity index (χ1n) is 7.60. The Balaban J connectivity index is 1.95. The van der Waals surface area contributed by atoms with Crippen LogP contribution in [0.5, 0.6) is 0 Å². The van der Waals surface area contributed by atoms with E-state index < -0.39 is 0 Å². The normalized spacial score (nSPS) is 10.8. The lowest BCUT2D eigenvalue weighted by Crippen LogP contribution is -2.17. The monoisotopic (exact) mass is 326 g/mol. The third kappa shape index (κ3) is 5.05. The maximum atomic E-state index is 13.5. The highest BCUT2D eigenvalue weighted by Crippen LogP contribution is 2.15. The zero-order chi connectivity index (χ0) is 17.5. The van der Waals surface area contributed by atoms with Crippen molar-refractivity contribution in [2.45, 2.75) is 13.8 Å². The summed E-state index contributed by atoms with van der Waals surface area (Å²) in [6.07, 6.45) is 2.69. The number of carbonyl (C=O) groups is 2. The molecule has 2 N–H and O–H groups in total. The maximum absolute atomic E-state index is 13.5. The van der Waals surface area contributed by atoms with Gasteiger partial charge in [0.05, 0.1) is 0 Å². The minimum Gasteiger partial charge on any atom is -0.326 e. The molecular weight excluding hydrogens is 307 g/mol. The van der Waals surface area contributed by atoms with E-state index in [1.807, 2.05) is 13.8 Å². The lowest BCUT2D eigenvalue weighted by atomic mass is 10.2. The molecule has 2 rings (SSSR count). The van der Waals surface area contributed by atoms with Gasteiger partial charge in [0.25, 0.3) is 0 Å². The van der Waals surface area contributed by atoms with Crippen LogP contribution >= 0.6 is 0 Å². The van der Waals surface area contributed by atoms with Gasteiger partial charge in [0.15, 0.2) is 0 Å². The number of amides is 2. The van der Waals surface area contributed by atoms with Crippen LogP contribution in [0.4, 0.5) is 15.8 Å². The van der Waals surface area contributed by atoms with Crippen molar-refractivity contribution in [2.75, 3.05) is 10.6 Å². The largest absolute Gasteiger partial charge is 0.326 e. The molecule has 0 saturated carbocycles. The van der Waals surface area contributed by atoms with Crippen LogP contribution < -0.4 is 10.6 Å². The van der Waals surface area contributed by atoms with E-state index in [2.05, 4.69) is 10.6 Å². The highest BCUT2D eigenvalue weighted by atomic mass is 19.1. The molecule has 2 amide bonds. The third-order valence-electron chi connectivity index (χ3n) is 3.26. The Hall–Kier alpha value is -2.95. The standard InChI is InChI=1S/C19H19FN2O2/c1-13(2)19(24)22-16-10-8-15(9-11-16)21-18(23)12-7-14-5-3-4-6-17(14)20/h3-13H,1-2H3,(H,21,23)(H,22,24)/b12-7+. The van der Waals surface area contributed by atoms with Gasteiger partial charge < -0.3 is 10.6 Å². The van der Waals surface area contributed by atoms with E-state index in [9.17, 15) is 14.0 Å². The van der Waals surface area contributed by atoms with Crippen LogP contribution in [-0.2, 0) is 9.59 Å². The summed E-state index contributed by atoms with van der Waals surface area (Å²) in [5.74, 6) is -0.920. The van der Waals surface area contributed by atoms with Gasteiger partial charge in [-0.1, -0.05) is 32.0 Å². The van der Waals surface area contributed by atoms with Crippen LogP contribution in [0, 0.1) is 11.7 Å². The third-order valence-corrected chi connectivity index (χ3v) is 3.26. The number of rotatable bonds is 5. The fourth-order valence-electron chi connectivity index (χ4n) is 1.88. The Morgan fingerprint density at radius 2 is 1.54 bits per heavy atom. The van der Waals surface area contributed by atoms with Crippen LogP contribution in [0.15, 0.2) is 54.6 Å². The van der Waals surface area contributed by atoms with Gasteiger partial charge in [0, 0.05) is 28.9 Å². The Bertz CT molecular complexity index is 752. The average Bonchev–Trinajstić information content (AvgIpc) is 2.56. The van der Waals surface area contributed by atoms with Gasteiger partial charge in [0.2, 0.25) is 11.8 Å². The molecule has 0 saturated heterocycles. The van der Waals surface area contributed by atoms with E-state index in [4.69, 9.17) is 0 Å². The molecule has 0 spiro atoms. The van der Waals surface area contributed by atoms with Crippen LogP contribution in [0.2, 0.25) is 0 Å². The van der Waals surface area contributed by atoms with E-state index in [1.54, 1.807) is 42.5 Å². The van der Waals surface area contributed by atoms with Crippen molar-refractivity contribution in [3.8, 4) is 0 Å². The topological polar surface area (TPSA) is 58.2 Å². The van der Waals surface area contributed by atoms with Gasteiger partial charge in [-0.3, -0.25) is 9.59 Å². The number of hydrogen-bond donors (Lipinski definition) is 2. The fourth-order valence-corrected chi connectivity index (χ4v) is 1.88. The number of halogens is 1. The summed E-state index contributed by atoms with van der Waals surface area (Å²) in [5, 5.41) is 5.44. The summed E-state index contributed by atoms with van der Waals surface area (Å²) in [6.45, 7) is 3.62. The summed E-state index contributed by atoms with van der Waals surface area (Å²) in [5.41, 5.74) is 1.59. The molecule has 0 aliphatic carbocycles. The molecule has 5 heteroatoms. The Morgan fingerprint density at radius 1 is 0.958 bits per heavy atom. The van der Waals surface area contributed by atoms with E-state index in [-0.39, 0.29) is 23.5 Å². The molecule has 0 atom stereocenters. The first-order chi connectivity index (χ1) is 11.5. The molecule has 0 unspecified atom stereocenters. The zero-order valence-electron chi connectivity index (χ0n) is 13.5. The van der Waals surface area contributed by atoms with Gasteiger partial charge in [-0.15, -0.1) is 0 Å². The Kier molecular flexibility index (Phi) is 5.84. The summed E-state index contributed by atoms with van der Waals surface area (Å²) in [7, 11) is 0. The molecule has 124 valence electrons. The molecule has 2 aromatic rings. The van der Waals surface area contributed by atoms with E-state index in [0.29, 0.717) is 16.9 Å². The van der Waals surface area contributed by atoms with Crippen LogP contribution in [-0.4, -0.2) is 11.8 Å². The lowest BCUT2D eigenvalue weighted by Gasteiger charge is -2.08. The van der Waals surface area contributed by atoms with E-state index in [0.717, 1.165) is 0 Å². The van der Waals surface area contributed by atoms with E-state index in [1.165, 1.54) is 18.2 Å². The summed E-state index contributed by atoms with van der Waals surface area (Å²) >= 11 is 0. The number of carbonyl (C=O) groups excluding carboxylic acids is 2. The predicted octanol–water partition coefficient (Wildman–Crippen LogP) is 4.07. The molecule has 0 aliphatic rings. The van der Waals surface area contributed by atoms with E-state index >= 15 is 0 Å². The number of hydrogen-bond acceptors (Lipinski definition) is 2. The van der Waals surface area contributed by atoms with Gasteiger partial charge >= 0.3 is 0 Å². The van der Waals surface area contributed by atoms with Gasteiger partial charge in [-0.2, -0.15) is 0 Å². The average molecular weight is 326 g/mol. The molecule has 0 bridgehead atoms. The Labute approximate surface area is 140 Å². The first-order valence-corrected chi connectivity index (χ1v) is 7.60. The van der Waals surface area contributed by atoms with Gasteiger partial charge in [0.1, 0.15) is 5.82 Å². The second-order valence-electron chi connectivity index (χ2n) is 5.57. The van der Waals surface area contributed by atoms with Crippen LogP contribution in [0.1, 0.15) is 19.4 Å². The van der Waals surface area contributed by atoms with Crippen molar-refractivity contribution in [3.63, 3.8) is 0 Å². The smallest absolute Gasteiger partial charge is 0.248 e. The highest BCUT2D eigenvalue weighted by molar-refractivity contribution is 6.02. The molecular formula is C19H19FN2O2. The summed E-state index contributed by atoms with van der Waals surface area (Å²) < 4.78 is 13.5. The summed E-state index contributed by atoms with van der Waals surface area (Å²) in [4.78, 5) is 23.5. The molecule has 0 aromatic heterocycles. The molecule has 2 aromatic carbocycles. The molecule has 0 radical (unpaired) electrons.